The van der Waals surface area contributed by atoms with Crippen molar-refractivity contribution in [2.24, 2.45) is 0 Å². The highest BCUT2D eigenvalue weighted by Gasteiger charge is 2.29. The average Bonchev–Trinajstić information content (AvgIpc) is 3.09. The molecule has 8 heteroatoms. The molecule has 2 saturated heterocycles. The molecule has 0 spiro atoms. The van der Waals surface area contributed by atoms with E-state index in [1.807, 2.05) is 11.8 Å². The lowest BCUT2D eigenvalue weighted by Crippen LogP contribution is -2.53. The smallest absolute Gasteiger partial charge is 0.239 e. The highest BCUT2D eigenvalue weighted by molar-refractivity contribution is 7.09. The monoisotopic (exact) mass is 317 g/mol. The van der Waals surface area contributed by atoms with Gasteiger partial charge in [-0.25, -0.2) is 4.98 Å². The summed E-state index contributed by atoms with van der Waals surface area (Å²) < 4.78 is 4.21. The molecule has 0 aromatic carbocycles. The second-order valence-electron chi connectivity index (χ2n) is 5.09. The Morgan fingerprint density at radius 1 is 1.35 bits per heavy atom. The summed E-state index contributed by atoms with van der Waals surface area (Å²) in [6.45, 7) is 6.16. The Bertz CT molecular complexity index is 454. The van der Waals surface area contributed by atoms with E-state index in [1.54, 1.807) is 0 Å². The van der Waals surface area contributed by atoms with Crippen molar-refractivity contribution in [1.29, 1.82) is 0 Å². The SMILES string of the molecule is Cc1nsc(N2CCN(C(=O)[C@@H]3CCCN3)CC2)n1.Cl. The number of aryl methyl sites for hydroxylation is 1. The fourth-order valence-electron chi connectivity index (χ4n) is 2.65. The van der Waals surface area contributed by atoms with E-state index < -0.39 is 0 Å². The van der Waals surface area contributed by atoms with Crippen LogP contribution < -0.4 is 10.2 Å². The summed E-state index contributed by atoms with van der Waals surface area (Å²) in [4.78, 5) is 20.9. The lowest BCUT2D eigenvalue weighted by Gasteiger charge is -2.35. The van der Waals surface area contributed by atoms with Crippen LogP contribution in [0.25, 0.3) is 0 Å². The largest absolute Gasteiger partial charge is 0.343 e. The van der Waals surface area contributed by atoms with Gasteiger partial charge < -0.3 is 15.1 Å². The van der Waals surface area contributed by atoms with Gasteiger partial charge in [-0.15, -0.1) is 12.4 Å². The Hall–Kier alpha value is -0.920. The van der Waals surface area contributed by atoms with Gasteiger partial charge in [-0.2, -0.15) is 4.37 Å². The van der Waals surface area contributed by atoms with Crippen molar-refractivity contribution in [3.05, 3.63) is 5.82 Å². The topological polar surface area (TPSA) is 61.4 Å². The second-order valence-corrected chi connectivity index (χ2v) is 5.82. The maximum absolute atomic E-state index is 12.3. The number of nitrogens with one attached hydrogen (secondary N) is 1. The van der Waals surface area contributed by atoms with E-state index in [2.05, 4.69) is 19.6 Å². The standard InChI is InChI=1S/C12H19N5OS.ClH/c1-9-14-12(19-15-9)17-7-5-16(6-8-17)11(18)10-3-2-4-13-10;/h10,13H,2-8H2,1H3;1H/t10-;/m0./s1. The minimum atomic E-state index is 0. The number of hydrogen-bond acceptors (Lipinski definition) is 6. The quantitative estimate of drug-likeness (QED) is 0.868. The van der Waals surface area contributed by atoms with Crippen LogP contribution in [0.5, 0.6) is 0 Å². The van der Waals surface area contributed by atoms with Gasteiger partial charge in [0, 0.05) is 37.7 Å². The number of halogens is 1. The zero-order valence-electron chi connectivity index (χ0n) is 11.5. The van der Waals surface area contributed by atoms with E-state index >= 15 is 0 Å². The molecule has 1 atom stereocenters. The number of carbonyl (C=O) groups is 1. The zero-order chi connectivity index (χ0) is 13.2. The molecule has 3 rings (SSSR count). The van der Waals surface area contributed by atoms with Crippen molar-refractivity contribution < 1.29 is 4.79 Å². The molecule has 1 aromatic rings. The molecule has 1 aromatic heterocycles. The molecule has 20 heavy (non-hydrogen) atoms. The van der Waals surface area contributed by atoms with Crippen LogP contribution in [0.4, 0.5) is 5.13 Å². The van der Waals surface area contributed by atoms with Gasteiger partial charge in [0.05, 0.1) is 6.04 Å². The number of anilines is 1. The summed E-state index contributed by atoms with van der Waals surface area (Å²) in [6, 6.07) is 0.0512. The number of aromatic nitrogens is 2. The van der Waals surface area contributed by atoms with Gasteiger partial charge in [0.25, 0.3) is 0 Å². The van der Waals surface area contributed by atoms with Gasteiger partial charge in [0.2, 0.25) is 11.0 Å². The first-order valence-electron chi connectivity index (χ1n) is 6.81. The Morgan fingerprint density at radius 3 is 2.65 bits per heavy atom. The van der Waals surface area contributed by atoms with Gasteiger partial charge in [0.1, 0.15) is 5.82 Å². The van der Waals surface area contributed by atoms with Crippen molar-refractivity contribution in [2.75, 3.05) is 37.6 Å². The summed E-state index contributed by atoms with van der Waals surface area (Å²) in [5.74, 6) is 1.10. The highest BCUT2D eigenvalue weighted by atomic mass is 35.5. The second kappa shape index (κ2) is 6.69. The molecule has 0 saturated carbocycles. The molecule has 1 N–H and O–H groups in total. The Morgan fingerprint density at radius 2 is 2.10 bits per heavy atom. The number of amides is 1. The molecule has 0 unspecified atom stereocenters. The van der Waals surface area contributed by atoms with Gasteiger partial charge in [-0.1, -0.05) is 0 Å². The van der Waals surface area contributed by atoms with Crippen molar-refractivity contribution in [3.63, 3.8) is 0 Å². The van der Waals surface area contributed by atoms with Crippen molar-refractivity contribution in [3.8, 4) is 0 Å². The van der Waals surface area contributed by atoms with E-state index in [9.17, 15) is 4.79 Å². The Kier molecular flexibility index (Phi) is 5.17. The molecule has 0 radical (unpaired) electrons. The average molecular weight is 318 g/mol. The van der Waals surface area contributed by atoms with E-state index in [0.717, 1.165) is 56.5 Å². The summed E-state index contributed by atoms with van der Waals surface area (Å²) >= 11 is 1.44. The van der Waals surface area contributed by atoms with Crippen LogP contribution in [0.1, 0.15) is 18.7 Å². The minimum absolute atomic E-state index is 0. The predicted octanol–water partition coefficient (Wildman–Crippen LogP) is 0.669. The van der Waals surface area contributed by atoms with Gasteiger partial charge in [-0.05, 0) is 26.3 Å². The number of nitrogens with zero attached hydrogens (tertiary/aromatic N) is 4. The minimum Gasteiger partial charge on any atom is -0.343 e. The summed E-state index contributed by atoms with van der Waals surface area (Å²) in [6.07, 6.45) is 2.09. The van der Waals surface area contributed by atoms with E-state index in [0.29, 0.717) is 0 Å². The summed E-state index contributed by atoms with van der Waals surface area (Å²) in [7, 11) is 0. The van der Waals surface area contributed by atoms with Crippen LogP contribution in [0.3, 0.4) is 0 Å². The first kappa shape index (κ1) is 15.5. The fourth-order valence-corrected chi connectivity index (χ4v) is 3.37. The highest BCUT2D eigenvalue weighted by Crippen LogP contribution is 2.19. The van der Waals surface area contributed by atoms with Crippen molar-refractivity contribution in [1.82, 2.24) is 19.6 Å². The number of carbonyl (C=O) groups excluding carboxylic acids is 1. The molecule has 1 amide bonds. The number of piperazine rings is 1. The molecular weight excluding hydrogens is 298 g/mol. The first-order chi connectivity index (χ1) is 9.24. The van der Waals surface area contributed by atoms with E-state index in [1.165, 1.54) is 11.5 Å². The maximum atomic E-state index is 12.3. The molecule has 6 nitrogen and oxygen atoms in total. The molecule has 0 aliphatic carbocycles. The molecule has 3 heterocycles. The van der Waals surface area contributed by atoms with Crippen molar-refractivity contribution in [2.45, 2.75) is 25.8 Å². The molecule has 2 aliphatic heterocycles. The molecular formula is C12H20ClN5OS. The van der Waals surface area contributed by atoms with Gasteiger partial charge in [-0.3, -0.25) is 4.79 Å². The maximum Gasteiger partial charge on any atom is 0.239 e. The summed E-state index contributed by atoms with van der Waals surface area (Å²) in [5.41, 5.74) is 0. The van der Waals surface area contributed by atoms with Crippen LogP contribution in [0.15, 0.2) is 0 Å². The molecule has 112 valence electrons. The molecule has 0 bridgehead atoms. The van der Waals surface area contributed by atoms with Crippen molar-refractivity contribution >= 4 is 35.0 Å². The zero-order valence-corrected chi connectivity index (χ0v) is 13.2. The van der Waals surface area contributed by atoms with Gasteiger partial charge >= 0.3 is 0 Å². The number of hydrogen-bond donors (Lipinski definition) is 1. The van der Waals surface area contributed by atoms with Crippen LogP contribution in [0, 0.1) is 6.92 Å². The summed E-state index contributed by atoms with van der Waals surface area (Å²) in [5, 5.41) is 4.25. The number of rotatable bonds is 2. The molecule has 2 aliphatic rings. The lowest BCUT2D eigenvalue weighted by atomic mass is 10.2. The van der Waals surface area contributed by atoms with E-state index in [-0.39, 0.29) is 24.4 Å². The van der Waals surface area contributed by atoms with Crippen LogP contribution in [-0.4, -0.2) is 58.9 Å². The molecule has 2 fully saturated rings. The third kappa shape index (κ3) is 3.21. The van der Waals surface area contributed by atoms with Crippen LogP contribution in [-0.2, 0) is 4.79 Å². The first-order valence-corrected chi connectivity index (χ1v) is 7.59. The normalized spacial score (nSPS) is 22.8. The predicted molar refractivity (Wildman–Crippen MR) is 81.7 cm³/mol. The Balaban J connectivity index is 0.00000147. The van der Waals surface area contributed by atoms with Gasteiger partial charge in [0.15, 0.2) is 0 Å². The Labute approximate surface area is 129 Å². The van der Waals surface area contributed by atoms with E-state index in [4.69, 9.17) is 0 Å². The van der Waals surface area contributed by atoms with Crippen LogP contribution >= 0.6 is 23.9 Å². The fraction of sp³-hybridized carbons (Fsp3) is 0.750. The lowest BCUT2D eigenvalue weighted by molar-refractivity contribution is -0.133. The van der Waals surface area contributed by atoms with Crippen LogP contribution in [0.2, 0.25) is 0 Å². The third-order valence-corrected chi connectivity index (χ3v) is 4.61. The third-order valence-electron chi connectivity index (χ3n) is 3.74.